The molecular formula is C20H25ClN2O3S. The standard InChI is InChI=1S/C20H25ClN2O3S/c1-15(2)11-12-22-20(24)14-23(19-13-17(21)10-9-16(19)3)27(25,26)18-7-5-4-6-8-18/h4-10,13,15H,11-12,14H2,1-3H3,(H,22,24). The first-order chi connectivity index (χ1) is 12.7. The van der Waals surface area contributed by atoms with E-state index >= 15 is 0 Å². The van der Waals surface area contributed by atoms with Crippen molar-refractivity contribution in [1.29, 1.82) is 0 Å². The molecule has 0 radical (unpaired) electrons. The monoisotopic (exact) mass is 408 g/mol. The van der Waals surface area contributed by atoms with Crippen LogP contribution in [0, 0.1) is 12.8 Å². The Bertz CT molecular complexity index is 883. The number of aryl methyl sites for hydroxylation is 1. The molecule has 0 bridgehead atoms. The Morgan fingerprint density at radius 2 is 1.81 bits per heavy atom. The van der Waals surface area contributed by atoms with Crippen molar-refractivity contribution in [2.75, 3.05) is 17.4 Å². The number of nitrogens with one attached hydrogen (secondary N) is 1. The molecule has 7 heteroatoms. The molecule has 0 unspecified atom stereocenters. The first-order valence-corrected chi connectivity index (χ1v) is 10.6. The minimum Gasteiger partial charge on any atom is -0.355 e. The third kappa shape index (κ3) is 5.71. The molecule has 0 atom stereocenters. The number of nitrogens with zero attached hydrogens (tertiary/aromatic N) is 1. The van der Waals surface area contributed by atoms with Crippen molar-refractivity contribution in [3.05, 3.63) is 59.1 Å². The van der Waals surface area contributed by atoms with Crippen molar-refractivity contribution >= 4 is 33.2 Å². The molecule has 0 aliphatic heterocycles. The molecule has 2 aromatic rings. The number of amides is 1. The van der Waals surface area contributed by atoms with Crippen LogP contribution in [0.3, 0.4) is 0 Å². The highest BCUT2D eigenvalue weighted by Crippen LogP contribution is 2.29. The van der Waals surface area contributed by atoms with Gasteiger partial charge in [0.25, 0.3) is 10.0 Å². The highest BCUT2D eigenvalue weighted by atomic mass is 35.5. The molecule has 2 aromatic carbocycles. The maximum Gasteiger partial charge on any atom is 0.264 e. The maximum atomic E-state index is 13.2. The van der Waals surface area contributed by atoms with Gasteiger partial charge in [-0.15, -0.1) is 0 Å². The Kier molecular flexibility index (Phi) is 7.27. The molecular weight excluding hydrogens is 384 g/mol. The highest BCUT2D eigenvalue weighted by molar-refractivity contribution is 7.92. The van der Waals surface area contributed by atoms with Crippen molar-refractivity contribution in [2.24, 2.45) is 5.92 Å². The molecule has 5 nitrogen and oxygen atoms in total. The van der Waals surface area contributed by atoms with Crippen molar-refractivity contribution in [3.8, 4) is 0 Å². The van der Waals surface area contributed by atoms with Gasteiger partial charge in [0.05, 0.1) is 10.6 Å². The summed E-state index contributed by atoms with van der Waals surface area (Å²) in [5.41, 5.74) is 1.11. The summed E-state index contributed by atoms with van der Waals surface area (Å²) in [6, 6.07) is 13.1. The van der Waals surface area contributed by atoms with E-state index in [1.165, 1.54) is 12.1 Å². The number of halogens is 1. The third-order valence-corrected chi connectivity index (χ3v) is 6.11. The van der Waals surface area contributed by atoms with Gasteiger partial charge in [0, 0.05) is 11.6 Å². The Morgan fingerprint density at radius 1 is 1.15 bits per heavy atom. The highest BCUT2D eigenvalue weighted by Gasteiger charge is 2.28. The summed E-state index contributed by atoms with van der Waals surface area (Å²) in [4.78, 5) is 12.6. The van der Waals surface area contributed by atoms with Crippen LogP contribution in [0.15, 0.2) is 53.4 Å². The normalized spacial score (nSPS) is 11.4. The second kappa shape index (κ2) is 9.24. The average Bonchev–Trinajstić information content (AvgIpc) is 2.62. The first kappa shape index (κ1) is 21.3. The number of benzene rings is 2. The number of sulfonamides is 1. The minimum atomic E-state index is -3.92. The van der Waals surface area contributed by atoms with E-state index in [-0.39, 0.29) is 17.3 Å². The summed E-state index contributed by atoms with van der Waals surface area (Å²) < 4.78 is 27.6. The van der Waals surface area contributed by atoms with E-state index < -0.39 is 10.0 Å². The molecule has 1 N–H and O–H groups in total. The van der Waals surface area contributed by atoms with E-state index in [0.29, 0.717) is 28.7 Å². The van der Waals surface area contributed by atoms with Gasteiger partial charge < -0.3 is 5.32 Å². The van der Waals surface area contributed by atoms with E-state index in [1.807, 2.05) is 0 Å². The molecule has 0 saturated heterocycles. The zero-order valence-electron chi connectivity index (χ0n) is 15.8. The number of carbonyl (C=O) groups is 1. The van der Waals surface area contributed by atoms with Gasteiger partial charge in [-0.25, -0.2) is 8.42 Å². The van der Waals surface area contributed by atoms with Crippen molar-refractivity contribution in [1.82, 2.24) is 5.32 Å². The summed E-state index contributed by atoms with van der Waals surface area (Å²) >= 11 is 6.09. The van der Waals surface area contributed by atoms with E-state index in [4.69, 9.17) is 11.6 Å². The minimum absolute atomic E-state index is 0.124. The number of anilines is 1. The van der Waals surface area contributed by atoms with Crippen LogP contribution in [0.4, 0.5) is 5.69 Å². The fourth-order valence-electron chi connectivity index (χ4n) is 2.56. The van der Waals surface area contributed by atoms with Gasteiger partial charge in [0.1, 0.15) is 6.54 Å². The van der Waals surface area contributed by atoms with E-state index in [0.717, 1.165) is 10.7 Å². The van der Waals surface area contributed by atoms with Gasteiger partial charge in [-0.1, -0.05) is 49.7 Å². The third-order valence-electron chi connectivity index (χ3n) is 4.10. The van der Waals surface area contributed by atoms with Gasteiger partial charge in [0.2, 0.25) is 5.91 Å². The van der Waals surface area contributed by atoms with Gasteiger partial charge in [0.15, 0.2) is 0 Å². The Balaban J connectivity index is 2.37. The van der Waals surface area contributed by atoms with Crippen LogP contribution in [0.1, 0.15) is 25.8 Å². The Labute approximate surface area is 166 Å². The molecule has 27 heavy (non-hydrogen) atoms. The molecule has 0 heterocycles. The second-order valence-corrected chi connectivity index (χ2v) is 9.09. The summed E-state index contributed by atoms with van der Waals surface area (Å²) in [5.74, 6) is 0.0964. The van der Waals surface area contributed by atoms with Gasteiger partial charge in [-0.3, -0.25) is 9.10 Å². The zero-order chi connectivity index (χ0) is 20.0. The predicted molar refractivity (Wildman–Crippen MR) is 110 cm³/mol. The molecule has 0 aliphatic carbocycles. The number of carbonyl (C=O) groups excluding carboxylic acids is 1. The molecule has 0 aromatic heterocycles. The topological polar surface area (TPSA) is 66.5 Å². The Hall–Kier alpha value is -2.05. The SMILES string of the molecule is Cc1ccc(Cl)cc1N(CC(=O)NCCC(C)C)S(=O)(=O)c1ccccc1. The van der Waals surface area contributed by atoms with Crippen LogP contribution in [0.5, 0.6) is 0 Å². The van der Waals surface area contributed by atoms with Crippen LogP contribution < -0.4 is 9.62 Å². The summed E-state index contributed by atoms with van der Waals surface area (Å²) in [6.07, 6.45) is 0.827. The first-order valence-electron chi connectivity index (χ1n) is 8.82. The summed E-state index contributed by atoms with van der Waals surface area (Å²) in [5, 5.41) is 3.20. The molecule has 0 aliphatic rings. The quantitative estimate of drug-likeness (QED) is 0.717. The van der Waals surface area contributed by atoms with Crippen LogP contribution in [-0.4, -0.2) is 27.4 Å². The maximum absolute atomic E-state index is 13.2. The van der Waals surface area contributed by atoms with Gasteiger partial charge >= 0.3 is 0 Å². The largest absolute Gasteiger partial charge is 0.355 e. The predicted octanol–water partition coefficient (Wildman–Crippen LogP) is 4.01. The van der Waals surface area contributed by atoms with E-state index in [9.17, 15) is 13.2 Å². The van der Waals surface area contributed by atoms with Crippen LogP contribution in [0.2, 0.25) is 5.02 Å². The molecule has 0 spiro atoms. The van der Waals surface area contributed by atoms with Gasteiger partial charge in [-0.05, 0) is 49.1 Å². The van der Waals surface area contributed by atoms with E-state index in [1.54, 1.807) is 43.3 Å². The second-order valence-electron chi connectivity index (χ2n) is 6.79. The van der Waals surface area contributed by atoms with Crippen LogP contribution in [0.25, 0.3) is 0 Å². The average molecular weight is 409 g/mol. The lowest BCUT2D eigenvalue weighted by atomic mass is 10.1. The number of hydrogen-bond acceptors (Lipinski definition) is 3. The molecule has 0 saturated carbocycles. The summed E-state index contributed by atoms with van der Waals surface area (Å²) in [7, 11) is -3.92. The fraction of sp³-hybridized carbons (Fsp3) is 0.350. The molecule has 2 rings (SSSR count). The van der Waals surface area contributed by atoms with Crippen molar-refractivity contribution in [2.45, 2.75) is 32.1 Å². The number of hydrogen-bond donors (Lipinski definition) is 1. The smallest absolute Gasteiger partial charge is 0.264 e. The lowest BCUT2D eigenvalue weighted by Crippen LogP contribution is -2.41. The fourth-order valence-corrected chi connectivity index (χ4v) is 4.22. The molecule has 1 amide bonds. The number of rotatable bonds is 8. The van der Waals surface area contributed by atoms with E-state index in [2.05, 4.69) is 19.2 Å². The van der Waals surface area contributed by atoms with Gasteiger partial charge in [-0.2, -0.15) is 0 Å². The summed E-state index contributed by atoms with van der Waals surface area (Å²) in [6.45, 7) is 6.11. The molecule has 0 fully saturated rings. The zero-order valence-corrected chi connectivity index (χ0v) is 17.3. The lowest BCUT2D eigenvalue weighted by Gasteiger charge is -2.26. The Morgan fingerprint density at radius 3 is 2.44 bits per heavy atom. The van der Waals surface area contributed by atoms with Crippen LogP contribution in [-0.2, 0) is 14.8 Å². The van der Waals surface area contributed by atoms with Crippen molar-refractivity contribution in [3.63, 3.8) is 0 Å². The van der Waals surface area contributed by atoms with Crippen LogP contribution >= 0.6 is 11.6 Å². The lowest BCUT2D eigenvalue weighted by molar-refractivity contribution is -0.119. The van der Waals surface area contributed by atoms with Crippen molar-refractivity contribution < 1.29 is 13.2 Å². The molecule has 146 valence electrons.